The van der Waals surface area contributed by atoms with E-state index >= 15 is 0 Å². The molecule has 3 aromatic rings. The molecule has 3 heterocycles. The minimum absolute atomic E-state index is 0.209. The molecule has 0 radical (unpaired) electrons. The number of fused-ring (bicyclic) bond motifs is 1. The highest BCUT2D eigenvalue weighted by Crippen LogP contribution is 2.45. The Labute approximate surface area is 248 Å². The number of hydrogen-bond acceptors (Lipinski definition) is 7. The van der Waals surface area contributed by atoms with E-state index in [9.17, 15) is 9.59 Å². The van der Waals surface area contributed by atoms with Gasteiger partial charge in [0.15, 0.2) is 0 Å². The third-order valence-corrected chi connectivity index (χ3v) is 7.62. The van der Waals surface area contributed by atoms with E-state index < -0.39 is 5.60 Å². The topological polar surface area (TPSA) is 86.1 Å². The van der Waals surface area contributed by atoms with Gasteiger partial charge in [-0.1, -0.05) is 34.8 Å². The molecular weight excluding hydrogens is 579 g/mol. The lowest BCUT2D eigenvalue weighted by atomic mass is 10.0. The fourth-order valence-corrected chi connectivity index (χ4v) is 5.56. The molecule has 9 nitrogen and oxygen atoms in total. The molecule has 0 bridgehead atoms. The zero-order valence-corrected chi connectivity index (χ0v) is 25.5. The maximum absolute atomic E-state index is 13.9. The van der Waals surface area contributed by atoms with Gasteiger partial charge < -0.3 is 23.7 Å². The Kier molecular flexibility index (Phi) is 9.40. The van der Waals surface area contributed by atoms with Crippen LogP contribution in [0.25, 0.3) is 22.0 Å². The average Bonchev–Trinajstić information content (AvgIpc) is 2.90. The van der Waals surface area contributed by atoms with Crippen molar-refractivity contribution in [2.24, 2.45) is 0 Å². The van der Waals surface area contributed by atoms with Crippen LogP contribution in [0.5, 0.6) is 11.5 Å². The number of pyridine rings is 2. The van der Waals surface area contributed by atoms with Crippen molar-refractivity contribution in [1.82, 2.24) is 19.4 Å². The molecule has 0 atom stereocenters. The summed E-state index contributed by atoms with van der Waals surface area (Å²) in [6.45, 7) is 9.36. The summed E-state index contributed by atoms with van der Waals surface area (Å²) in [6.07, 6.45) is 2.01. The molecule has 4 rings (SSSR count). The summed E-state index contributed by atoms with van der Waals surface area (Å²) >= 11 is 19.5. The lowest BCUT2D eigenvalue weighted by Gasteiger charge is -2.35. The van der Waals surface area contributed by atoms with Crippen molar-refractivity contribution in [3.63, 3.8) is 0 Å². The number of benzene rings is 1. The van der Waals surface area contributed by atoms with Gasteiger partial charge in [0.25, 0.3) is 5.56 Å². The lowest BCUT2D eigenvalue weighted by molar-refractivity contribution is 0.0144. The van der Waals surface area contributed by atoms with Crippen molar-refractivity contribution in [2.75, 3.05) is 46.9 Å². The molecule has 0 spiro atoms. The molecule has 0 aliphatic carbocycles. The van der Waals surface area contributed by atoms with Crippen molar-refractivity contribution in [2.45, 2.75) is 39.3 Å². The Morgan fingerprint density at radius 2 is 1.57 bits per heavy atom. The molecule has 2 aromatic heterocycles. The van der Waals surface area contributed by atoms with Crippen molar-refractivity contribution < 1.29 is 19.0 Å². The molecular formula is C28H33Cl3N4O5. The summed E-state index contributed by atoms with van der Waals surface area (Å²) in [5, 5.41) is 1.41. The molecule has 12 heteroatoms. The highest BCUT2D eigenvalue weighted by atomic mass is 35.5. The fourth-order valence-electron chi connectivity index (χ4n) is 4.70. The molecule has 1 amide bonds. The highest BCUT2D eigenvalue weighted by molar-refractivity contribution is 6.41. The molecule has 1 aliphatic heterocycles. The fraction of sp³-hybridized carbons (Fsp3) is 0.464. The summed E-state index contributed by atoms with van der Waals surface area (Å²) in [6, 6.07) is 4.97. The Morgan fingerprint density at radius 3 is 2.15 bits per heavy atom. The van der Waals surface area contributed by atoms with Gasteiger partial charge in [-0.3, -0.25) is 9.69 Å². The predicted octanol–water partition coefficient (Wildman–Crippen LogP) is 5.98. The van der Waals surface area contributed by atoms with E-state index in [1.165, 1.54) is 14.2 Å². The van der Waals surface area contributed by atoms with Crippen molar-refractivity contribution in [3.05, 3.63) is 49.9 Å². The number of piperazine rings is 1. The SMILES string of the molecule is COc1cc(OC)c(Cl)c(-c2cc3cnc(Cl)cc3n(CCCN3CCN(C(=O)OC(C)(C)C)CC3)c2=O)c1Cl. The molecule has 0 unspecified atom stereocenters. The largest absolute Gasteiger partial charge is 0.495 e. The molecule has 1 aliphatic rings. The number of methoxy groups -OCH3 is 2. The molecule has 216 valence electrons. The Bertz CT molecular complexity index is 1440. The second kappa shape index (κ2) is 12.4. The first-order valence-corrected chi connectivity index (χ1v) is 14.1. The number of hydrogen-bond donors (Lipinski definition) is 0. The van der Waals surface area contributed by atoms with Crippen LogP contribution in [0.15, 0.2) is 29.2 Å². The van der Waals surface area contributed by atoms with E-state index in [0.717, 1.165) is 19.6 Å². The molecule has 40 heavy (non-hydrogen) atoms. The number of nitrogens with zero attached hydrogens (tertiary/aromatic N) is 4. The Balaban J connectivity index is 1.59. The van der Waals surface area contributed by atoms with Gasteiger partial charge in [-0.2, -0.15) is 0 Å². The van der Waals surface area contributed by atoms with Gasteiger partial charge in [-0.05, 0) is 45.9 Å². The van der Waals surface area contributed by atoms with Gasteiger partial charge in [0.05, 0.1) is 35.3 Å². The van der Waals surface area contributed by atoms with Crippen LogP contribution in [0.4, 0.5) is 4.79 Å². The third-order valence-electron chi connectivity index (χ3n) is 6.67. The van der Waals surface area contributed by atoms with Crippen LogP contribution in [-0.2, 0) is 11.3 Å². The summed E-state index contributed by atoms with van der Waals surface area (Å²) < 4.78 is 18.0. The minimum Gasteiger partial charge on any atom is -0.495 e. The van der Waals surface area contributed by atoms with E-state index in [1.54, 1.807) is 33.9 Å². The van der Waals surface area contributed by atoms with Gasteiger partial charge in [0.1, 0.15) is 22.3 Å². The highest BCUT2D eigenvalue weighted by Gasteiger charge is 2.26. The number of carbonyl (C=O) groups is 1. The maximum Gasteiger partial charge on any atom is 0.410 e. The lowest BCUT2D eigenvalue weighted by Crippen LogP contribution is -2.50. The Morgan fingerprint density at radius 1 is 0.950 bits per heavy atom. The zero-order chi connectivity index (χ0) is 29.2. The number of ether oxygens (including phenoxy) is 3. The molecule has 0 N–H and O–H groups in total. The van der Waals surface area contributed by atoms with Crippen molar-refractivity contribution >= 4 is 51.8 Å². The van der Waals surface area contributed by atoms with Gasteiger partial charge in [-0.15, -0.1) is 0 Å². The van der Waals surface area contributed by atoms with Crippen LogP contribution in [0.2, 0.25) is 15.2 Å². The summed E-state index contributed by atoms with van der Waals surface area (Å²) in [5.41, 5.74) is 0.485. The van der Waals surface area contributed by atoms with Crippen molar-refractivity contribution in [3.8, 4) is 22.6 Å². The minimum atomic E-state index is -0.526. The van der Waals surface area contributed by atoms with Crippen LogP contribution in [0, 0.1) is 0 Å². The maximum atomic E-state index is 13.9. The quantitative estimate of drug-likeness (QED) is 0.304. The number of amides is 1. The second-order valence-electron chi connectivity index (χ2n) is 10.5. The first-order chi connectivity index (χ1) is 18.9. The summed E-state index contributed by atoms with van der Waals surface area (Å²) in [7, 11) is 2.96. The normalized spacial score (nSPS) is 14.4. The van der Waals surface area contributed by atoms with Crippen molar-refractivity contribution in [1.29, 1.82) is 0 Å². The molecule has 1 saturated heterocycles. The van der Waals surface area contributed by atoms with E-state index in [1.807, 2.05) is 20.8 Å². The molecule has 0 saturated carbocycles. The standard InChI is InChI=1S/C28H33Cl3N4O5/c1-28(2,3)40-27(37)34-11-9-33(10-12-34)7-6-8-35-19-14-22(29)32-16-17(19)13-18(26(35)36)23-24(30)20(38-4)15-21(39-5)25(23)31/h13-16H,6-12H2,1-5H3. The third kappa shape index (κ3) is 6.60. The number of carbonyl (C=O) groups excluding carboxylic acids is 1. The van der Waals surface area contributed by atoms with Crippen LogP contribution < -0.4 is 15.0 Å². The van der Waals surface area contributed by atoms with E-state index in [-0.39, 0.29) is 26.9 Å². The van der Waals surface area contributed by atoms with Gasteiger partial charge in [0, 0.05) is 55.9 Å². The predicted molar refractivity (Wildman–Crippen MR) is 158 cm³/mol. The second-order valence-corrected chi connectivity index (χ2v) is 11.7. The average molecular weight is 612 g/mol. The number of aryl methyl sites for hydroxylation is 1. The van der Waals surface area contributed by atoms with Gasteiger partial charge >= 0.3 is 6.09 Å². The summed E-state index contributed by atoms with van der Waals surface area (Å²) in [4.78, 5) is 34.5. The van der Waals surface area contributed by atoms with Crippen LogP contribution in [-0.4, -0.2) is 78.0 Å². The van der Waals surface area contributed by atoms with Crippen LogP contribution in [0.3, 0.4) is 0 Å². The molecule has 1 aromatic carbocycles. The Hall–Kier alpha value is -2.72. The summed E-state index contributed by atoms with van der Waals surface area (Å²) in [5.74, 6) is 0.674. The van der Waals surface area contributed by atoms with Crippen LogP contribution >= 0.6 is 34.8 Å². The van der Waals surface area contributed by atoms with E-state index in [2.05, 4.69) is 9.88 Å². The van der Waals surface area contributed by atoms with E-state index in [4.69, 9.17) is 49.0 Å². The van der Waals surface area contributed by atoms with E-state index in [0.29, 0.717) is 59.6 Å². The monoisotopic (exact) mass is 610 g/mol. The number of halogens is 3. The van der Waals surface area contributed by atoms with Crippen LogP contribution in [0.1, 0.15) is 27.2 Å². The van der Waals surface area contributed by atoms with Gasteiger partial charge in [-0.25, -0.2) is 9.78 Å². The first kappa shape index (κ1) is 30.2. The zero-order valence-electron chi connectivity index (χ0n) is 23.2. The smallest absolute Gasteiger partial charge is 0.410 e. The number of rotatable bonds is 7. The van der Waals surface area contributed by atoms with Gasteiger partial charge in [0.2, 0.25) is 0 Å². The number of aromatic nitrogens is 2. The first-order valence-electron chi connectivity index (χ1n) is 12.9. The molecule has 1 fully saturated rings.